The molecule has 0 aliphatic carbocycles. The summed E-state index contributed by atoms with van der Waals surface area (Å²) in [5.74, 6) is 8.02. The van der Waals surface area contributed by atoms with Crippen molar-refractivity contribution in [2.45, 2.75) is 13.2 Å². The van der Waals surface area contributed by atoms with Crippen molar-refractivity contribution in [1.29, 1.82) is 0 Å². The molecule has 3 aromatic carbocycles. The van der Waals surface area contributed by atoms with Gasteiger partial charge >= 0.3 is 0 Å². The monoisotopic (exact) mass is 312 g/mol. The third-order valence-electron chi connectivity index (χ3n) is 3.99. The summed E-state index contributed by atoms with van der Waals surface area (Å²) in [5, 5.41) is 0. The van der Waals surface area contributed by atoms with Gasteiger partial charge in [-0.2, -0.15) is 0 Å². The molecule has 0 amide bonds. The van der Waals surface area contributed by atoms with Crippen molar-refractivity contribution in [3.05, 3.63) is 95.1 Å². The highest BCUT2D eigenvalue weighted by atomic mass is 16.5. The normalized spacial score (nSPS) is 12.5. The second-order valence-electron chi connectivity index (χ2n) is 5.59. The summed E-state index contributed by atoms with van der Waals surface area (Å²) in [6.07, 6.45) is 0. The molecule has 0 spiro atoms. The standard InChI is InChI=1S/C22H16O2/c1-2-10-20-16-24-22-12-6-4-8-18(22)14-13-17-7-3-5-11-21(17)23-15-19(20)9-1/h1-12H,15-16H2. The van der Waals surface area contributed by atoms with Gasteiger partial charge in [-0.25, -0.2) is 0 Å². The first-order chi connectivity index (χ1) is 11.9. The molecule has 4 rings (SSSR count). The maximum atomic E-state index is 6.02. The van der Waals surface area contributed by atoms with E-state index in [2.05, 4.69) is 24.0 Å². The van der Waals surface area contributed by atoms with Gasteiger partial charge in [-0.1, -0.05) is 60.4 Å². The Morgan fingerprint density at radius 1 is 0.542 bits per heavy atom. The van der Waals surface area contributed by atoms with Crippen LogP contribution in [0.15, 0.2) is 72.8 Å². The number of fused-ring (bicyclic) bond motifs is 3. The molecule has 1 aliphatic heterocycles. The molecule has 116 valence electrons. The van der Waals surface area contributed by atoms with E-state index in [9.17, 15) is 0 Å². The number of ether oxygens (including phenoxy) is 2. The SMILES string of the molecule is C1#Cc2ccccc2OCc2ccccc2COc2ccccc21. The van der Waals surface area contributed by atoms with E-state index in [4.69, 9.17) is 9.47 Å². The maximum Gasteiger partial charge on any atom is 0.135 e. The van der Waals surface area contributed by atoms with Crippen LogP contribution >= 0.6 is 0 Å². The first kappa shape index (κ1) is 14.4. The van der Waals surface area contributed by atoms with E-state index < -0.39 is 0 Å². The highest BCUT2D eigenvalue weighted by Crippen LogP contribution is 2.23. The van der Waals surface area contributed by atoms with Crippen LogP contribution < -0.4 is 9.47 Å². The quantitative estimate of drug-likeness (QED) is 0.567. The van der Waals surface area contributed by atoms with E-state index >= 15 is 0 Å². The van der Waals surface area contributed by atoms with Crippen LogP contribution in [0.2, 0.25) is 0 Å². The summed E-state index contributed by atoms with van der Waals surface area (Å²) in [5.41, 5.74) is 4.01. The molecule has 2 heteroatoms. The Labute approximate surface area is 141 Å². The molecule has 0 radical (unpaired) electrons. The van der Waals surface area contributed by atoms with Crippen molar-refractivity contribution in [1.82, 2.24) is 0 Å². The Bertz CT molecular complexity index is 857. The van der Waals surface area contributed by atoms with Gasteiger partial charge in [0.15, 0.2) is 0 Å². The zero-order valence-electron chi connectivity index (χ0n) is 13.2. The van der Waals surface area contributed by atoms with Crippen LogP contribution in [0.5, 0.6) is 11.5 Å². The Hall–Kier alpha value is -3.18. The molecular formula is C22H16O2. The largest absolute Gasteiger partial charge is 0.488 e. The van der Waals surface area contributed by atoms with Gasteiger partial charge in [0.25, 0.3) is 0 Å². The Balaban J connectivity index is 1.84. The molecule has 0 saturated carbocycles. The summed E-state index contributed by atoms with van der Waals surface area (Å²) in [6.45, 7) is 1.000. The maximum absolute atomic E-state index is 6.02. The smallest absolute Gasteiger partial charge is 0.135 e. The van der Waals surface area contributed by atoms with Crippen LogP contribution in [0, 0.1) is 11.8 Å². The van der Waals surface area contributed by atoms with Gasteiger partial charge in [0.1, 0.15) is 24.7 Å². The summed E-state index contributed by atoms with van der Waals surface area (Å²) >= 11 is 0. The van der Waals surface area contributed by atoms with Gasteiger partial charge in [0, 0.05) is 0 Å². The van der Waals surface area contributed by atoms with Crippen LogP contribution in [-0.2, 0) is 13.2 Å². The lowest BCUT2D eigenvalue weighted by Gasteiger charge is -2.14. The molecule has 0 aromatic heterocycles. The lowest BCUT2D eigenvalue weighted by molar-refractivity contribution is 0.284. The fraction of sp³-hybridized carbons (Fsp3) is 0.0909. The molecule has 3 aromatic rings. The summed E-state index contributed by atoms with van der Waals surface area (Å²) in [7, 11) is 0. The average Bonchev–Trinajstić information content (AvgIpc) is 2.64. The molecule has 0 unspecified atom stereocenters. The van der Waals surface area contributed by atoms with Crippen molar-refractivity contribution in [3.63, 3.8) is 0 Å². The number of para-hydroxylation sites is 2. The topological polar surface area (TPSA) is 18.5 Å². The van der Waals surface area contributed by atoms with Crippen molar-refractivity contribution in [2.24, 2.45) is 0 Å². The Morgan fingerprint density at radius 3 is 1.46 bits per heavy atom. The molecule has 0 bridgehead atoms. The van der Waals surface area contributed by atoms with E-state index in [0.717, 1.165) is 33.8 Å². The summed E-state index contributed by atoms with van der Waals surface area (Å²) in [4.78, 5) is 0. The minimum absolute atomic E-state index is 0.500. The summed E-state index contributed by atoms with van der Waals surface area (Å²) in [6, 6.07) is 23.9. The Morgan fingerprint density at radius 2 is 0.958 bits per heavy atom. The molecular weight excluding hydrogens is 296 g/mol. The lowest BCUT2D eigenvalue weighted by Crippen LogP contribution is -2.05. The van der Waals surface area contributed by atoms with E-state index in [1.165, 1.54) is 0 Å². The lowest BCUT2D eigenvalue weighted by atomic mass is 10.1. The van der Waals surface area contributed by atoms with E-state index in [1.54, 1.807) is 0 Å². The minimum Gasteiger partial charge on any atom is -0.488 e. The van der Waals surface area contributed by atoms with Crippen molar-refractivity contribution >= 4 is 0 Å². The van der Waals surface area contributed by atoms with Gasteiger partial charge in [0.2, 0.25) is 0 Å². The van der Waals surface area contributed by atoms with Crippen LogP contribution in [0.4, 0.5) is 0 Å². The number of hydrogen-bond acceptors (Lipinski definition) is 2. The van der Waals surface area contributed by atoms with Crippen molar-refractivity contribution < 1.29 is 9.47 Å². The first-order valence-electron chi connectivity index (χ1n) is 7.92. The zero-order valence-corrected chi connectivity index (χ0v) is 13.2. The number of hydrogen-bond donors (Lipinski definition) is 0. The van der Waals surface area contributed by atoms with Crippen LogP contribution in [0.1, 0.15) is 22.3 Å². The third kappa shape index (κ3) is 2.98. The zero-order chi connectivity index (χ0) is 16.2. The van der Waals surface area contributed by atoms with E-state index in [1.807, 2.05) is 60.7 Å². The van der Waals surface area contributed by atoms with Gasteiger partial charge in [-0.05, 0) is 35.4 Å². The van der Waals surface area contributed by atoms with Gasteiger partial charge < -0.3 is 9.47 Å². The third-order valence-corrected chi connectivity index (χ3v) is 3.99. The molecule has 0 saturated heterocycles. The fourth-order valence-corrected chi connectivity index (χ4v) is 2.68. The second-order valence-corrected chi connectivity index (χ2v) is 5.59. The molecule has 1 heterocycles. The Kier molecular flexibility index (Phi) is 3.91. The predicted octanol–water partition coefficient (Wildman–Crippen LogP) is 4.56. The van der Waals surface area contributed by atoms with Crippen molar-refractivity contribution in [3.8, 4) is 23.3 Å². The molecule has 0 N–H and O–H groups in total. The number of benzene rings is 3. The first-order valence-corrected chi connectivity index (χ1v) is 7.92. The van der Waals surface area contributed by atoms with Crippen molar-refractivity contribution in [2.75, 3.05) is 0 Å². The van der Waals surface area contributed by atoms with Crippen LogP contribution in [0.3, 0.4) is 0 Å². The molecule has 1 aliphatic rings. The van der Waals surface area contributed by atoms with E-state index in [-0.39, 0.29) is 0 Å². The number of rotatable bonds is 0. The predicted molar refractivity (Wildman–Crippen MR) is 94.0 cm³/mol. The molecule has 2 nitrogen and oxygen atoms in total. The molecule has 0 atom stereocenters. The van der Waals surface area contributed by atoms with Crippen LogP contribution in [-0.4, -0.2) is 0 Å². The molecule has 24 heavy (non-hydrogen) atoms. The van der Waals surface area contributed by atoms with Gasteiger partial charge in [0.05, 0.1) is 11.1 Å². The van der Waals surface area contributed by atoms with E-state index in [0.29, 0.717) is 13.2 Å². The average molecular weight is 312 g/mol. The highest BCUT2D eigenvalue weighted by molar-refractivity contribution is 5.53. The highest BCUT2D eigenvalue weighted by Gasteiger charge is 2.08. The minimum atomic E-state index is 0.500. The van der Waals surface area contributed by atoms with Gasteiger partial charge in [-0.15, -0.1) is 0 Å². The second kappa shape index (κ2) is 6.52. The van der Waals surface area contributed by atoms with Gasteiger partial charge in [-0.3, -0.25) is 0 Å². The summed E-state index contributed by atoms with van der Waals surface area (Å²) < 4.78 is 12.0. The fourth-order valence-electron chi connectivity index (χ4n) is 2.68. The molecule has 0 fully saturated rings. The van der Waals surface area contributed by atoms with Crippen LogP contribution in [0.25, 0.3) is 0 Å².